The van der Waals surface area contributed by atoms with Gasteiger partial charge in [0.05, 0.1) is 5.25 Å². The van der Waals surface area contributed by atoms with Gasteiger partial charge >= 0.3 is 0 Å². The zero-order chi connectivity index (χ0) is 20.9. The summed E-state index contributed by atoms with van der Waals surface area (Å²) in [5, 5.41) is 13.5. The van der Waals surface area contributed by atoms with Crippen molar-refractivity contribution in [2.24, 2.45) is 0 Å². The average Bonchev–Trinajstić information content (AvgIpc) is 3.40. The van der Waals surface area contributed by atoms with Crippen LogP contribution in [0.3, 0.4) is 0 Å². The number of hydrogen-bond donors (Lipinski definition) is 1. The summed E-state index contributed by atoms with van der Waals surface area (Å²) in [6.07, 6.45) is 2.21. The normalized spacial score (nSPS) is 12.2. The summed E-state index contributed by atoms with van der Waals surface area (Å²) in [5.41, 5.74) is 1.14. The van der Waals surface area contributed by atoms with Crippen LogP contribution in [0.2, 0.25) is 0 Å². The Kier molecular flexibility index (Phi) is 6.68. The van der Waals surface area contributed by atoms with E-state index in [2.05, 4.69) is 43.7 Å². The third-order valence-electron chi connectivity index (χ3n) is 4.23. The molecule has 0 aliphatic rings. The molecule has 3 aromatic heterocycles. The SMILES string of the molecule is CCC(Sc1ncnc2sc(-c3ccccc3)cc12)C(=O)Nc1nnc(COC)s1. The van der Waals surface area contributed by atoms with E-state index in [-0.39, 0.29) is 11.2 Å². The van der Waals surface area contributed by atoms with Crippen LogP contribution < -0.4 is 5.32 Å². The molecule has 4 rings (SSSR count). The Morgan fingerprint density at radius 3 is 2.80 bits per heavy atom. The molecule has 0 aliphatic heterocycles. The van der Waals surface area contributed by atoms with Crippen LogP contribution in [0.25, 0.3) is 20.7 Å². The predicted molar refractivity (Wildman–Crippen MR) is 122 cm³/mol. The van der Waals surface area contributed by atoms with Crippen LogP contribution >= 0.6 is 34.4 Å². The molecular weight excluding hydrogens is 438 g/mol. The number of nitrogens with one attached hydrogen (secondary N) is 1. The highest BCUT2D eigenvalue weighted by molar-refractivity contribution is 8.00. The molecule has 1 aromatic carbocycles. The Balaban J connectivity index is 1.54. The third-order valence-corrected chi connectivity index (χ3v) is 7.52. The fourth-order valence-electron chi connectivity index (χ4n) is 2.80. The highest BCUT2D eigenvalue weighted by Crippen LogP contribution is 2.37. The monoisotopic (exact) mass is 457 g/mol. The summed E-state index contributed by atoms with van der Waals surface area (Å²) < 4.78 is 5.05. The van der Waals surface area contributed by atoms with Crippen LogP contribution in [0.4, 0.5) is 5.13 Å². The lowest BCUT2D eigenvalue weighted by Crippen LogP contribution is -2.24. The van der Waals surface area contributed by atoms with Crippen molar-refractivity contribution >= 4 is 55.7 Å². The number of ether oxygens (including phenoxy) is 1. The van der Waals surface area contributed by atoms with E-state index >= 15 is 0 Å². The summed E-state index contributed by atoms with van der Waals surface area (Å²) in [6.45, 7) is 2.36. The maximum absolute atomic E-state index is 12.8. The van der Waals surface area contributed by atoms with Gasteiger partial charge in [0, 0.05) is 17.4 Å². The maximum Gasteiger partial charge on any atom is 0.239 e. The van der Waals surface area contributed by atoms with Crippen molar-refractivity contribution in [1.82, 2.24) is 20.2 Å². The Hall–Kier alpha value is -2.40. The molecule has 1 amide bonds. The van der Waals surface area contributed by atoms with Gasteiger partial charge in [-0.2, -0.15) is 0 Å². The fraction of sp³-hybridized carbons (Fsp3) is 0.250. The molecule has 0 saturated carbocycles. The standard InChI is InChI=1S/C20H19N5O2S3/c1-3-14(17(26)23-20-25-24-16(30-20)10-27-2)28-18-13-9-15(12-7-5-4-6-8-12)29-19(13)22-11-21-18/h4-9,11,14H,3,10H2,1-2H3,(H,23,25,26). The predicted octanol–water partition coefficient (Wildman–Crippen LogP) is 4.87. The van der Waals surface area contributed by atoms with Gasteiger partial charge in [0.25, 0.3) is 0 Å². The highest BCUT2D eigenvalue weighted by Gasteiger charge is 2.22. The second kappa shape index (κ2) is 9.61. The van der Waals surface area contributed by atoms with Crippen molar-refractivity contribution in [2.75, 3.05) is 12.4 Å². The lowest BCUT2D eigenvalue weighted by atomic mass is 10.2. The maximum atomic E-state index is 12.8. The summed E-state index contributed by atoms with van der Waals surface area (Å²) in [5.74, 6) is -0.118. The van der Waals surface area contributed by atoms with Crippen LogP contribution in [0, 0.1) is 0 Å². The minimum Gasteiger partial charge on any atom is -0.377 e. The Bertz CT molecular complexity index is 1150. The molecular formula is C20H19N5O2S3. The van der Waals surface area contributed by atoms with Gasteiger partial charge in [0.2, 0.25) is 11.0 Å². The van der Waals surface area contributed by atoms with E-state index in [1.807, 2.05) is 25.1 Å². The molecule has 1 atom stereocenters. The average molecular weight is 458 g/mol. The molecule has 0 radical (unpaired) electrons. The van der Waals surface area contributed by atoms with Crippen molar-refractivity contribution in [3.8, 4) is 10.4 Å². The molecule has 7 nitrogen and oxygen atoms in total. The topological polar surface area (TPSA) is 89.9 Å². The minimum atomic E-state index is -0.307. The number of nitrogens with zero attached hydrogens (tertiary/aromatic N) is 4. The summed E-state index contributed by atoms with van der Waals surface area (Å²) >= 11 is 4.38. The van der Waals surface area contributed by atoms with Gasteiger partial charge in [-0.15, -0.1) is 21.5 Å². The molecule has 0 aliphatic carbocycles. The minimum absolute atomic E-state index is 0.118. The van der Waals surface area contributed by atoms with Crippen molar-refractivity contribution in [1.29, 1.82) is 0 Å². The molecule has 30 heavy (non-hydrogen) atoms. The van der Waals surface area contributed by atoms with Crippen LogP contribution in [0.5, 0.6) is 0 Å². The Morgan fingerprint density at radius 1 is 1.20 bits per heavy atom. The number of anilines is 1. The molecule has 3 heterocycles. The number of fused-ring (bicyclic) bond motifs is 1. The zero-order valence-electron chi connectivity index (χ0n) is 16.4. The molecule has 1 N–H and O–H groups in total. The van der Waals surface area contributed by atoms with Gasteiger partial charge in [0.15, 0.2) is 0 Å². The van der Waals surface area contributed by atoms with Gasteiger partial charge < -0.3 is 4.74 Å². The number of aromatic nitrogens is 4. The molecule has 154 valence electrons. The van der Waals surface area contributed by atoms with Crippen molar-refractivity contribution in [3.05, 3.63) is 47.7 Å². The molecule has 0 bridgehead atoms. The third kappa shape index (κ3) is 4.67. The van der Waals surface area contributed by atoms with Gasteiger partial charge in [0.1, 0.15) is 27.8 Å². The number of carbonyl (C=O) groups is 1. The van der Waals surface area contributed by atoms with Gasteiger partial charge in [-0.25, -0.2) is 9.97 Å². The Labute approximate surface area is 185 Å². The second-order valence-electron chi connectivity index (χ2n) is 6.31. The van der Waals surface area contributed by atoms with Crippen LogP contribution in [-0.4, -0.2) is 38.4 Å². The first-order chi connectivity index (χ1) is 14.7. The lowest BCUT2D eigenvalue weighted by molar-refractivity contribution is -0.115. The van der Waals surface area contributed by atoms with E-state index in [4.69, 9.17) is 4.74 Å². The summed E-state index contributed by atoms with van der Waals surface area (Å²) in [7, 11) is 1.60. The van der Waals surface area contributed by atoms with E-state index in [1.165, 1.54) is 23.1 Å². The van der Waals surface area contributed by atoms with Crippen molar-refractivity contribution in [3.63, 3.8) is 0 Å². The van der Waals surface area contributed by atoms with Crippen LogP contribution in [0.15, 0.2) is 47.8 Å². The smallest absolute Gasteiger partial charge is 0.239 e. The largest absolute Gasteiger partial charge is 0.377 e. The number of thioether (sulfide) groups is 1. The van der Waals surface area contributed by atoms with E-state index < -0.39 is 0 Å². The molecule has 0 spiro atoms. The molecule has 0 fully saturated rings. The molecule has 0 saturated heterocycles. The van der Waals surface area contributed by atoms with Crippen molar-refractivity contribution in [2.45, 2.75) is 30.2 Å². The zero-order valence-corrected chi connectivity index (χ0v) is 18.8. The number of amides is 1. The first-order valence-electron chi connectivity index (χ1n) is 9.26. The highest BCUT2D eigenvalue weighted by atomic mass is 32.2. The first kappa shape index (κ1) is 20.9. The first-order valence-corrected chi connectivity index (χ1v) is 11.8. The van der Waals surface area contributed by atoms with Gasteiger partial charge in [-0.1, -0.05) is 60.4 Å². The lowest BCUT2D eigenvalue weighted by Gasteiger charge is -2.13. The summed E-state index contributed by atoms with van der Waals surface area (Å²) in [6, 6.07) is 12.3. The summed E-state index contributed by atoms with van der Waals surface area (Å²) in [4.78, 5) is 23.7. The van der Waals surface area contributed by atoms with E-state index in [0.29, 0.717) is 18.2 Å². The number of rotatable bonds is 8. The van der Waals surface area contributed by atoms with Crippen LogP contribution in [-0.2, 0) is 16.1 Å². The van der Waals surface area contributed by atoms with E-state index in [0.717, 1.165) is 30.7 Å². The number of carbonyl (C=O) groups excluding carboxylic acids is 1. The van der Waals surface area contributed by atoms with Gasteiger partial charge in [-0.3, -0.25) is 10.1 Å². The number of thiophene rings is 1. The van der Waals surface area contributed by atoms with Gasteiger partial charge in [-0.05, 0) is 18.1 Å². The van der Waals surface area contributed by atoms with Crippen LogP contribution in [0.1, 0.15) is 18.4 Å². The fourth-order valence-corrected chi connectivity index (χ4v) is 5.58. The Morgan fingerprint density at radius 2 is 2.03 bits per heavy atom. The molecule has 10 heteroatoms. The van der Waals surface area contributed by atoms with E-state index in [9.17, 15) is 4.79 Å². The number of methoxy groups -OCH3 is 1. The van der Waals surface area contributed by atoms with Crippen molar-refractivity contribution < 1.29 is 9.53 Å². The molecule has 1 unspecified atom stereocenters. The second-order valence-corrected chi connectivity index (χ2v) is 9.60. The quantitative estimate of drug-likeness (QED) is 0.298. The number of benzene rings is 1. The van der Waals surface area contributed by atoms with E-state index in [1.54, 1.807) is 24.8 Å². The molecule has 4 aromatic rings. The number of hydrogen-bond acceptors (Lipinski definition) is 9.